The van der Waals surface area contributed by atoms with Gasteiger partial charge in [-0.05, 0) is 52.2 Å². The van der Waals surface area contributed by atoms with E-state index >= 15 is 0 Å². The second-order valence-electron chi connectivity index (χ2n) is 5.49. The van der Waals surface area contributed by atoms with E-state index in [1.165, 1.54) is 5.56 Å². The van der Waals surface area contributed by atoms with Crippen LogP contribution in [0.3, 0.4) is 0 Å². The van der Waals surface area contributed by atoms with Crippen molar-refractivity contribution in [3.8, 4) is 5.75 Å². The summed E-state index contributed by atoms with van der Waals surface area (Å²) in [5.74, 6) is 1.36. The molecule has 0 bridgehead atoms. The predicted molar refractivity (Wildman–Crippen MR) is 90.4 cm³/mol. The Bertz CT molecular complexity index is 669. The van der Waals surface area contributed by atoms with Gasteiger partial charge >= 0.3 is 0 Å². The average Bonchev–Trinajstić information content (AvgIpc) is 3.05. The number of carbonyl (C=O) groups excluding carboxylic acids is 1. The van der Waals surface area contributed by atoms with E-state index in [-0.39, 0.29) is 5.91 Å². The molecule has 22 heavy (non-hydrogen) atoms. The number of hydrogen-bond donors (Lipinski definition) is 0. The van der Waals surface area contributed by atoms with Gasteiger partial charge in [-0.15, -0.1) is 0 Å². The van der Waals surface area contributed by atoms with E-state index in [9.17, 15) is 4.79 Å². The number of rotatable bonds is 3. The summed E-state index contributed by atoms with van der Waals surface area (Å²) >= 11 is 3.46. The summed E-state index contributed by atoms with van der Waals surface area (Å²) in [5, 5.41) is 0. The minimum Gasteiger partial charge on any atom is -0.497 e. The van der Waals surface area contributed by atoms with Gasteiger partial charge in [-0.2, -0.15) is 0 Å². The predicted octanol–water partition coefficient (Wildman–Crippen LogP) is 4.09. The Morgan fingerprint density at radius 3 is 2.59 bits per heavy atom. The van der Waals surface area contributed by atoms with Crippen molar-refractivity contribution in [1.29, 1.82) is 0 Å². The SMILES string of the molecule is COc1ccc(C2CCN(C(=O)c3ccccc3Br)C2)cc1. The number of likely N-dealkylation sites (tertiary alicyclic amines) is 1. The van der Waals surface area contributed by atoms with Crippen LogP contribution in [0.1, 0.15) is 28.3 Å². The number of carbonyl (C=O) groups is 1. The smallest absolute Gasteiger partial charge is 0.255 e. The Labute approximate surface area is 139 Å². The quantitative estimate of drug-likeness (QED) is 0.825. The Balaban J connectivity index is 1.71. The molecular weight excluding hydrogens is 342 g/mol. The highest BCUT2D eigenvalue weighted by Gasteiger charge is 2.28. The lowest BCUT2D eigenvalue weighted by Gasteiger charge is -2.17. The zero-order valence-corrected chi connectivity index (χ0v) is 14.0. The molecule has 0 spiro atoms. The van der Waals surface area contributed by atoms with Crippen molar-refractivity contribution in [2.75, 3.05) is 20.2 Å². The minimum atomic E-state index is 0.100. The third-order valence-electron chi connectivity index (χ3n) is 4.17. The van der Waals surface area contributed by atoms with Gasteiger partial charge in [0, 0.05) is 23.5 Å². The summed E-state index contributed by atoms with van der Waals surface area (Å²) < 4.78 is 6.05. The van der Waals surface area contributed by atoms with Gasteiger partial charge in [0.1, 0.15) is 5.75 Å². The van der Waals surface area contributed by atoms with E-state index in [1.807, 2.05) is 41.3 Å². The van der Waals surface area contributed by atoms with Crippen LogP contribution in [-0.2, 0) is 0 Å². The zero-order valence-electron chi connectivity index (χ0n) is 12.5. The lowest BCUT2D eigenvalue weighted by Crippen LogP contribution is -2.28. The molecule has 2 aromatic carbocycles. The summed E-state index contributed by atoms with van der Waals surface area (Å²) in [4.78, 5) is 14.6. The molecular formula is C18H18BrNO2. The van der Waals surface area contributed by atoms with Crippen LogP contribution in [0.4, 0.5) is 0 Å². The van der Waals surface area contributed by atoms with Gasteiger partial charge in [-0.3, -0.25) is 4.79 Å². The van der Waals surface area contributed by atoms with Crippen LogP contribution >= 0.6 is 15.9 Å². The fourth-order valence-electron chi connectivity index (χ4n) is 2.90. The van der Waals surface area contributed by atoms with Crippen LogP contribution in [0.5, 0.6) is 5.75 Å². The van der Waals surface area contributed by atoms with Crippen molar-refractivity contribution < 1.29 is 9.53 Å². The molecule has 0 aliphatic carbocycles. The first-order valence-electron chi connectivity index (χ1n) is 7.37. The highest BCUT2D eigenvalue weighted by Crippen LogP contribution is 2.30. The molecule has 1 saturated heterocycles. The summed E-state index contributed by atoms with van der Waals surface area (Å²) in [6.07, 6.45) is 1.00. The monoisotopic (exact) mass is 359 g/mol. The number of ether oxygens (including phenoxy) is 1. The maximum Gasteiger partial charge on any atom is 0.255 e. The molecule has 114 valence electrons. The summed E-state index contributed by atoms with van der Waals surface area (Å²) in [7, 11) is 1.67. The van der Waals surface area contributed by atoms with Gasteiger partial charge in [0.15, 0.2) is 0 Å². The minimum absolute atomic E-state index is 0.100. The number of methoxy groups -OCH3 is 1. The Hall–Kier alpha value is -1.81. The van der Waals surface area contributed by atoms with Gasteiger partial charge in [-0.1, -0.05) is 24.3 Å². The van der Waals surface area contributed by atoms with Crippen LogP contribution in [0.25, 0.3) is 0 Å². The lowest BCUT2D eigenvalue weighted by molar-refractivity contribution is 0.0790. The van der Waals surface area contributed by atoms with E-state index in [0.717, 1.165) is 35.3 Å². The van der Waals surface area contributed by atoms with Gasteiger partial charge in [0.25, 0.3) is 5.91 Å². The van der Waals surface area contributed by atoms with Crippen LogP contribution < -0.4 is 4.74 Å². The van der Waals surface area contributed by atoms with Gasteiger partial charge < -0.3 is 9.64 Å². The lowest BCUT2D eigenvalue weighted by atomic mass is 9.98. The Kier molecular flexibility index (Phi) is 4.48. The summed E-state index contributed by atoms with van der Waals surface area (Å²) in [5.41, 5.74) is 2.00. The van der Waals surface area contributed by atoms with Crippen LogP contribution in [0.2, 0.25) is 0 Å². The van der Waals surface area contributed by atoms with Crippen molar-refractivity contribution in [3.05, 3.63) is 64.1 Å². The van der Waals surface area contributed by atoms with Gasteiger partial charge in [-0.25, -0.2) is 0 Å². The first-order chi connectivity index (χ1) is 10.7. The molecule has 1 fully saturated rings. The van der Waals surface area contributed by atoms with E-state index in [2.05, 4.69) is 28.1 Å². The second kappa shape index (κ2) is 6.53. The fraction of sp³-hybridized carbons (Fsp3) is 0.278. The molecule has 1 aliphatic heterocycles. The zero-order chi connectivity index (χ0) is 15.5. The normalized spacial score (nSPS) is 17.5. The third-order valence-corrected chi connectivity index (χ3v) is 4.86. The highest BCUT2D eigenvalue weighted by atomic mass is 79.9. The van der Waals surface area contributed by atoms with Gasteiger partial charge in [0.05, 0.1) is 12.7 Å². The summed E-state index contributed by atoms with van der Waals surface area (Å²) in [6, 6.07) is 15.7. The highest BCUT2D eigenvalue weighted by molar-refractivity contribution is 9.10. The van der Waals surface area contributed by atoms with Crippen molar-refractivity contribution >= 4 is 21.8 Å². The number of hydrogen-bond acceptors (Lipinski definition) is 2. The molecule has 1 amide bonds. The number of nitrogens with zero attached hydrogens (tertiary/aromatic N) is 1. The first-order valence-corrected chi connectivity index (χ1v) is 8.16. The molecule has 3 rings (SSSR count). The maximum absolute atomic E-state index is 12.6. The van der Waals surface area contributed by atoms with Crippen molar-refractivity contribution in [2.24, 2.45) is 0 Å². The molecule has 3 nitrogen and oxygen atoms in total. The van der Waals surface area contributed by atoms with E-state index in [1.54, 1.807) is 7.11 Å². The molecule has 0 radical (unpaired) electrons. The molecule has 0 N–H and O–H groups in total. The molecule has 1 aliphatic rings. The molecule has 1 unspecified atom stereocenters. The summed E-state index contributed by atoms with van der Waals surface area (Å²) in [6.45, 7) is 1.57. The number of halogens is 1. The standard InChI is InChI=1S/C18H18BrNO2/c1-22-15-8-6-13(7-9-15)14-10-11-20(12-14)18(21)16-4-2-3-5-17(16)19/h2-9,14H,10-12H2,1H3. The van der Waals surface area contributed by atoms with E-state index in [4.69, 9.17) is 4.74 Å². The topological polar surface area (TPSA) is 29.5 Å². The molecule has 2 aromatic rings. The van der Waals surface area contributed by atoms with Gasteiger partial charge in [0.2, 0.25) is 0 Å². The van der Waals surface area contributed by atoms with Crippen LogP contribution in [0, 0.1) is 0 Å². The Morgan fingerprint density at radius 2 is 1.91 bits per heavy atom. The number of amides is 1. The van der Waals surface area contributed by atoms with Crippen molar-refractivity contribution in [3.63, 3.8) is 0 Å². The first kappa shape index (κ1) is 15.1. The average molecular weight is 360 g/mol. The molecule has 0 saturated carbocycles. The van der Waals surface area contributed by atoms with Crippen LogP contribution in [-0.4, -0.2) is 31.0 Å². The largest absolute Gasteiger partial charge is 0.497 e. The Morgan fingerprint density at radius 1 is 1.18 bits per heavy atom. The molecule has 0 aromatic heterocycles. The second-order valence-corrected chi connectivity index (χ2v) is 6.34. The molecule has 1 atom stereocenters. The van der Waals surface area contributed by atoms with Crippen molar-refractivity contribution in [1.82, 2.24) is 4.90 Å². The maximum atomic E-state index is 12.6. The van der Waals surface area contributed by atoms with Crippen molar-refractivity contribution in [2.45, 2.75) is 12.3 Å². The molecule has 1 heterocycles. The fourth-order valence-corrected chi connectivity index (χ4v) is 3.35. The molecule has 4 heteroatoms. The van der Waals surface area contributed by atoms with E-state index < -0.39 is 0 Å². The number of benzene rings is 2. The van der Waals surface area contributed by atoms with Crippen LogP contribution in [0.15, 0.2) is 53.0 Å². The third kappa shape index (κ3) is 3.02. The van der Waals surface area contributed by atoms with E-state index in [0.29, 0.717) is 5.92 Å².